The molecule has 1 aliphatic rings. The number of halogens is 3. The van der Waals surface area contributed by atoms with Crippen LogP contribution in [0.15, 0.2) is 6.07 Å². The lowest BCUT2D eigenvalue weighted by atomic mass is 9.97. The Balaban J connectivity index is 1.85. The van der Waals surface area contributed by atoms with Gasteiger partial charge in [-0.15, -0.1) is 0 Å². The maximum Gasteiger partial charge on any atom is 0.435 e. The van der Waals surface area contributed by atoms with E-state index in [1.165, 1.54) is 16.5 Å². The van der Waals surface area contributed by atoms with E-state index in [2.05, 4.69) is 10.4 Å². The van der Waals surface area contributed by atoms with Crippen molar-refractivity contribution in [1.29, 1.82) is 0 Å². The molecule has 24 heavy (non-hydrogen) atoms. The van der Waals surface area contributed by atoms with Gasteiger partial charge in [0, 0.05) is 25.3 Å². The number of aryl methyl sites for hydroxylation is 1. The fraction of sp³-hybridized carbons (Fsp3) is 0.643. The highest BCUT2D eigenvalue weighted by Crippen LogP contribution is 2.28. The van der Waals surface area contributed by atoms with Crippen molar-refractivity contribution in [3.8, 4) is 0 Å². The van der Waals surface area contributed by atoms with E-state index in [9.17, 15) is 22.8 Å². The van der Waals surface area contributed by atoms with Gasteiger partial charge in [-0.25, -0.2) is 4.79 Å². The second kappa shape index (κ2) is 7.10. The zero-order chi connectivity index (χ0) is 17.9. The van der Waals surface area contributed by atoms with Crippen LogP contribution in [0.2, 0.25) is 0 Å². The number of amides is 3. The molecule has 1 fully saturated rings. The molecule has 2 heterocycles. The molecule has 134 valence electrons. The first kappa shape index (κ1) is 18.1. The van der Waals surface area contributed by atoms with Gasteiger partial charge in [-0.3, -0.25) is 9.48 Å². The second-order valence-electron chi connectivity index (χ2n) is 5.81. The number of rotatable bonds is 4. The van der Waals surface area contributed by atoms with Crippen LogP contribution in [0.1, 0.15) is 24.2 Å². The van der Waals surface area contributed by atoms with Crippen LogP contribution >= 0.6 is 0 Å². The number of alkyl halides is 3. The van der Waals surface area contributed by atoms with Crippen LogP contribution in [0, 0.1) is 12.8 Å². The third kappa shape index (κ3) is 4.39. The molecular weight excluding hydrogens is 327 g/mol. The lowest BCUT2D eigenvalue weighted by molar-refractivity contribution is -0.141. The molecule has 2 rings (SSSR count). The molecule has 1 aliphatic heterocycles. The largest absolute Gasteiger partial charge is 0.435 e. The van der Waals surface area contributed by atoms with Crippen LogP contribution in [-0.4, -0.2) is 46.3 Å². The topological polar surface area (TPSA) is 93.2 Å². The maximum absolute atomic E-state index is 12.6. The number of urea groups is 1. The van der Waals surface area contributed by atoms with Gasteiger partial charge in [-0.2, -0.15) is 18.3 Å². The molecule has 3 amide bonds. The molecule has 1 aromatic rings. The van der Waals surface area contributed by atoms with Gasteiger partial charge in [-0.05, 0) is 25.8 Å². The van der Waals surface area contributed by atoms with Crippen molar-refractivity contribution in [1.82, 2.24) is 20.0 Å². The Labute approximate surface area is 137 Å². The normalized spacial score (nSPS) is 18.5. The van der Waals surface area contributed by atoms with Crippen molar-refractivity contribution in [2.24, 2.45) is 11.7 Å². The van der Waals surface area contributed by atoms with E-state index in [-0.39, 0.29) is 31.5 Å². The number of nitrogens with two attached hydrogens (primary N) is 1. The van der Waals surface area contributed by atoms with Gasteiger partial charge in [0.2, 0.25) is 5.91 Å². The summed E-state index contributed by atoms with van der Waals surface area (Å²) >= 11 is 0. The van der Waals surface area contributed by atoms with Crippen LogP contribution in [-0.2, 0) is 17.5 Å². The minimum absolute atomic E-state index is 0.139. The Hall–Kier alpha value is -2.26. The van der Waals surface area contributed by atoms with Gasteiger partial charge in [0.25, 0.3) is 0 Å². The molecule has 0 aliphatic carbocycles. The van der Waals surface area contributed by atoms with Crippen LogP contribution < -0.4 is 11.1 Å². The summed E-state index contributed by atoms with van der Waals surface area (Å²) in [5.74, 6) is -0.586. The number of primary amides is 1. The Bertz CT molecular complexity index is 614. The summed E-state index contributed by atoms with van der Waals surface area (Å²) in [7, 11) is 0. The van der Waals surface area contributed by atoms with Crippen molar-refractivity contribution < 1.29 is 22.8 Å². The van der Waals surface area contributed by atoms with Gasteiger partial charge in [-0.1, -0.05) is 0 Å². The highest BCUT2D eigenvalue weighted by Gasteiger charge is 2.34. The monoisotopic (exact) mass is 347 g/mol. The molecule has 3 N–H and O–H groups in total. The molecule has 0 saturated carbocycles. The molecule has 0 radical (unpaired) electrons. The van der Waals surface area contributed by atoms with Crippen molar-refractivity contribution in [3.05, 3.63) is 17.5 Å². The fourth-order valence-corrected chi connectivity index (χ4v) is 2.70. The molecule has 0 unspecified atom stereocenters. The molecule has 1 atom stereocenters. The number of nitrogens with zero attached hydrogens (tertiary/aromatic N) is 3. The maximum atomic E-state index is 12.6. The van der Waals surface area contributed by atoms with Crippen LogP contribution in [0.4, 0.5) is 18.0 Å². The van der Waals surface area contributed by atoms with Gasteiger partial charge in [0.05, 0.1) is 12.5 Å². The number of aromatic nitrogens is 2. The SMILES string of the molecule is Cc1cc(C(F)(F)F)nn1CCNC(=O)[C@@H]1CCCN(C(N)=O)C1. The Kier molecular flexibility index (Phi) is 5.35. The van der Waals surface area contributed by atoms with Gasteiger partial charge >= 0.3 is 12.2 Å². The van der Waals surface area contributed by atoms with E-state index in [0.29, 0.717) is 25.1 Å². The summed E-state index contributed by atoms with van der Waals surface area (Å²) < 4.78 is 39.0. The Morgan fingerprint density at radius 1 is 1.46 bits per heavy atom. The summed E-state index contributed by atoms with van der Waals surface area (Å²) in [6, 6.07) is 0.410. The third-order valence-electron chi connectivity index (χ3n) is 4.00. The summed E-state index contributed by atoms with van der Waals surface area (Å²) in [6.45, 7) is 2.62. The number of hydrogen-bond acceptors (Lipinski definition) is 3. The summed E-state index contributed by atoms with van der Waals surface area (Å²) in [5.41, 5.74) is 4.63. The van der Waals surface area contributed by atoms with E-state index >= 15 is 0 Å². The highest BCUT2D eigenvalue weighted by atomic mass is 19.4. The minimum atomic E-state index is -4.49. The molecule has 1 aromatic heterocycles. The van der Waals surface area contributed by atoms with E-state index in [1.807, 2.05) is 0 Å². The quantitative estimate of drug-likeness (QED) is 0.855. The molecule has 1 saturated heterocycles. The molecule has 0 spiro atoms. The second-order valence-corrected chi connectivity index (χ2v) is 5.81. The van der Waals surface area contributed by atoms with Crippen LogP contribution in [0.5, 0.6) is 0 Å². The van der Waals surface area contributed by atoms with E-state index in [1.54, 1.807) is 0 Å². The number of nitrogens with one attached hydrogen (secondary N) is 1. The fourth-order valence-electron chi connectivity index (χ4n) is 2.70. The first-order valence-corrected chi connectivity index (χ1v) is 7.62. The predicted molar refractivity (Wildman–Crippen MR) is 78.9 cm³/mol. The van der Waals surface area contributed by atoms with Crippen molar-refractivity contribution in [2.45, 2.75) is 32.5 Å². The van der Waals surface area contributed by atoms with Crippen molar-refractivity contribution >= 4 is 11.9 Å². The van der Waals surface area contributed by atoms with Crippen LogP contribution in [0.25, 0.3) is 0 Å². The summed E-state index contributed by atoms with van der Waals surface area (Å²) in [4.78, 5) is 24.7. The Morgan fingerprint density at radius 3 is 2.75 bits per heavy atom. The number of likely N-dealkylation sites (tertiary alicyclic amines) is 1. The predicted octanol–water partition coefficient (Wildman–Crippen LogP) is 1.12. The third-order valence-corrected chi connectivity index (χ3v) is 4.00. The van der Waals surface area contributed by atoms with Crippen molar-refractivity contribution in [2.75, 3.05) is 19.6 Å². The zero-order valence-corrected chi connectivity index (χ0v) is 13.3. The minimum Gasteiger partial charge on any atom is -0.354 e. The van der Waals surface area contributed by atoms with E-state index in [0.717, 1.165) is 6.07 Å². The number of piperidine rings is 1. The van der Waals surface area contributed by atoms with Crippen LogP contribution in [0.3, 0.4) is 0 Å². The van der Waals surface area contributed by atoms with Crippen molar-refractivity contribution in [3.63, 3.8) is 0 Å². The average Bonchev–Trinajstić information content (AvgIpc) is 2.88. The summed E-state index contributed by atoms with van der Waals surface area (Å²) in [5, 5.41) is 6.17. The first-order chi connectivity index (χ1) is 11.2. The molecule has 10 heteroatoms. The number of carbonyl (C=O) groups is 2. The zero-order valence-electron chi connectivity index (χ0n) is 13.3. The Morgan fingerprint density at radius 2 is 2.17 bits per heavy atom. The lowest BCUT2D eigenvalue weighted by Gasteiger charge is -2.30. The van der Waals surface area contributed by atoms with E-state index < -0.39 is 17.9 Å². The molecule has 0 aromatic carbocycles. The van der Waals surface area contributed by atoms with Gasteiger partial charge in [0.15, 0.2) is 5.69 Å². The number of carbonyl (C=O) groups excluding carboxylic acids is 2. The van der Waals surface area contributed by atoms with Gasteiger partial charge in [0.1, 0.15) is 0 Å². The summed E-state index contributed by atoms with van der Waals surface area (Å²) in [6.07, 6.45) is -3.15. The lowest BCUT2D eigenvalue weighted by Crippen LogP contribution is -2.47. The molecule has 0 bridgehead atoms. The number of hydrogen-bond donors (Lipinski definition) is 2. The average molecular weight is 347 g/mol. The van der Waals surface area contributed by atoms with E-state index in [4.69, 9.17) is 5.73 Å². The molecular formula is C14H20F3N5O2. The first-order valence-electron chi connectivity index (χ1n) is 7.62. The smallest absolute Gasteiger partial charge is 0.354 e. The van der Waals surface area contributed by atoms with Gasteiger partial charge < -0.3 is 16.0 Å². The standard InChI is InChI=1S/C14H20F3N5O2/c1-9-7-11(14(15,16)17)20-22(9)6-4-19-12(23)10-3-2-5-21(8-10)13(18)24/h7,10H,2-6,8H2,1H3,(H2,18,24)(H,19,23)/t10-/m1/s1. The molecule has 7 nitrogen and oxygen atoms in total. The highest BCUT2D eigenvalue weighted by molar-refractivity contribution is 5.80.